The number of aryl methyl sites for hydroxylation is 1. The fourth-order valence-electron chi connectivity index (χ4n) is 1.17. The molecule has 0 aliphatic heterocycles. The van der Waals surface area contributed by atoms with Crippen molar-refractivity contribution in [1.29, 1.82) is 0 Å². The highest BCUT2D eigenvalue weighted by atomic mass is 16.4. The molecule has 0 fully saturated rings. The van der Waals surface area contributed by atoms with Crippen LogP contribution in [0.4, 0.5) is 0 Å². The maximum atomic E-state index is 11.5. The first-order valence-corrected chi connectivity index (χ1v) is 4.51. The van der Waals surface area contributed by atoms with E-state index in [-0.39, 0.29) is 0 Å². The number of aliphatic hydroxyl groups is 1. The second-order valence-electron chi connectivity index (χ2n) is 3.34. The van der Waals surface area contributed by atoms with E-state index in [1.165, 1.54) is 0 Å². The Balaban J connectivity index is 2.76. The van der Waals surface area contributed by atoms with E-state index in [0.29, 0.717) is 5.56 Å². The monoisotopic (exact) mass is 208 g/mol. The molecule has 0 saturated carbocycles. The van der Waals surface area contributed by atoms with Gasteiger partial charge >= 0.3 is 5.97 Å². The lowest BCUT2D eigenvalue weighted by Crippen LogP contribution is -2.23. The molecule has 2 N–H and O–H groups in total. The summed E-state index contributed by atoms with van der Waals surface area (Å²) in [6, 6.07) is 6.62. The predicted octanol–water partition coefficient (Wildman–Crippen LogP) is 1.01. The van der Waals surface area contributed by atoms with Crippen molar-refractivity contribution >= 4 is 11.8 Å². The topological polar surface area (TPSA) is 74.6 Å². The minimum Gasteiger partial charge on any atom is -0.481 e. The number of hydrogen-bond acceptors (Lipinski definition) is 3. The minimum absolute atomic E-state index is 0.328. The third-order valence-corrected chi connectivity index (χ3v) is 2.01. The second-order valence-corrected chi connectivity index (χ2v) is 3.34. The van der Waals surface area contributed by atoms with Crippen molar-refractivity contribution in [2.24, 2.45) is 0 Å². The first kappa shape index (κ1) is 11.4. The number of rotatable bonds is 4. The van der Waals surface area contributed by atoms with Crippen LogP contribution < -0.4 is 0 Å². The summed E-state index contributed by atoms with van der Waals surface area (Å²) in [5.74, 6) is -1.75. The van der Waals surface area contributed by atoms with E-state index >= 15 is 0 Å². The lowest BCUT2D eigenvalue weighted by Gasteiger charge is -2.06. The highest BCUT2D eigenvalue weighted by molar-refractivity contribution is 6.00. The molecule has 0 saturated heterocycles. The molecule has 0 aliphatic rings. The van der Waals surface area contributed by atoms with Gasteiger partial charge in [0.15, 0.2) is 5.78 Å². The Kier molecular flexibility index (Phi) is 3.57. The van der Waals surface area contributed by atoms with Gasteiger partial charge in [-0.25, -0.2) is 0 Å². The molecular weight excluding hydrogens is 196 g/mol. The molecule has 15 heavy (non-hydrogen) atoms. The number of carbonyl (C=O) groups excluding carboxylic acids is 1. The van der Waals surface area contributed by atoms with Crippen molar-refractivity contribution in [1.82, 2.24) is 0 Å². The van der Waals surface area contributed by atoms with Gasteiger partial charge in [0.25, 0.3) is 0 Å². The molecule has 1 aromatic carbocycles. The van der Waals surface area contributed by atoms with Crippen molar-refractivity contribution in [3.63, 3.8) is 0 Å². The van der Waals surface area contributed by atoms with Gasteiger partial charge in [0.1, 0.15) is 6.10 Å². The Morgan fingerprint density at radius 3 is 2.27 bits per heavy atom. The maximum Gasteiger partial charge on any atom is 0.306 e. The van der Waals surface area contributed by atoms with Gasteiger partial charge in [-0.2, -0.15) is 0 Å². The highest BCUT2D eigenvalue weighted by Crippen LogP contribution is 2.08. The van der Waals surface area contributed by atoms with Crippen LogP contribution >= 0.6 is 0 Å². The number of aliphatic carboxylic acids is 1. The summed E-state index contributed by atoms with van der Waals surface area (Å²) < 4.78 is 0. The summed E-state index contributed by atoms with van der Waals surface area (Å²) in [5, 5.41) is 17.7. The van der Waals surface area contributed by atoms with Crippen LogP contribution in [0.25, 0.3) is 0 Å². The van der Waals surface area contributed by atoms with E-state index in [4.69, 9.17) is 5.11 Å². The molecule has 1 atom stereocenters. The normalized spacial score (nSPS) is 12.1. The minimum atomic E-state index is -1.47. The smallest absolute Gasteiger partial charge is 0.306 e. The van der Waals surface area contributed by atoms with E-state index in [1.807, 2.05) is 6.92 Å². The summed E-state index contributed by atoms with van der Waals surface area (Å²) in [6.07, 6.45) is -2.03. The quantitative estimate of drug-likeness (QED) is 0.724. The standard InChI is InChI=1S/C11H12O4/c1-7-2-4-8(5-3-7)11(15)9(12)6-10(13)14/h2-5,9,12H,6H2,1H3,(H,13,14). The molecular formula is C11H12O4. The molecule has 1 aromatic rings. The van der Waals surface area contributed by atoms with Gasteiger partial charge in [-0.3, -0.25) is 9.59 Å². The molecule has 1 unspecified atom stereocenters. The van der Waals surface area contributed by atoms with Crippen molar-refractivity contribution in [3.8, 4) is 0 Å². The van der Waals surface area contributed by atoms with Crippen molar-refractivity contribution in [2.45, 2.75) is 19.4 Å². The first-order chi connectivity index (χ1) is 7.00. The molecule has 0 aromatic heterocycles. The van der Waals surface area contributed by atoms with E-state index in [1.54, 1.807) is 24.3 Å². The highest BCUT2D eigenvalue weighted by Gasteiger charge is 2.19. The Morgan fingerprint density at radius 2 is 1.80 bits per heavy atom. The zero-order valence-corrected chi connectivity index (χ0v) is 8.30. The zero-order chi connectivity index (χ0) is 11.4. The van der Waals surface area contributed by atoms with E-state index in [0.717, 1.165) is 5.56 Å². The molecule has 80 valence electrons. The Bertz CT molecular complexity index is 367. The van der Waals surface area contributed by atoms with Crippen molar-refractivity contribution in [2.75, 3.05) is 0 Å². The van der Waals surface area contributed by atoms with Gasteiger partial charge in [-0.1, -0.05) is 29.8 Å². The largest absolute Gasteiger partial charge is 0.481 e. The van der Waals surface area contributed by atoms with Crippen LogP contribution in [0.1, 0.15) is 22.3 Å². The van der Waals surface area contributed by atoms with Gasteiger partial charge < -0.3 is 10.2 Å². The van der Waals surface area contributed by atoms with Gasteiger partial charge in [-0.15, -0.1) is 0 Å². The van der Waals surface area contributed by atoms with Crippen LogP contribution in [0, 0.1) is 6.92 Å². The van der Waals surface area contributed by atoms with Crippen LogP contribution in [0.2, 0.25) is 0 Å². The number of benzene rings is 1. The molecule has 4 nitrogen and oxygen atoms in total. The van der Waals surface area contributed by atoms with Crippen LogP contribution in [0.3, 0.4) is 0 Å². The number of aliphatic hydroxyl groups excluding tert-OH is 1. The maximum absolute atomic E-state index is 11.5. The molecule has 1 rings (SSSR count). The molecule has 4 heteroatoms. The average Bonchev–Trinajstić information content (AvgIpc) is 2.17. The summed E-state index contributed by atoms with van der Waals surface area (Å²) in [4.78, 5) is 21.8. The number of carboxylic acid groups (broad SMARTS) is 1. The summed E-state index contributed by atoms with van der Waals surface area (Å²) in [6.45, 7) is 1.88. The van der Waals surface area contributed by atoms with Gasteiger partial charge in [-0.05, 0) is 6.92 Å². The van der Waals surface area contributed by atoms with Crippen LogP contribution in [0.5, 0.6) is 0 Å². The van der Waals surface area contributed by atoms with Crippen molar-refractivity contribution < 1.29 is 19.8 Å². The van der Waals surface area contributed by atoms with Gasteiger partial charge in [0.05, 0.1) is 6.42 Å². The van der Waals surface area contributed by atoms with Crippen LogP contribution in [-0.2, 0) is 4.79 Å². The number of hydrogen-bond donors (Lipinski definition) is 2. The molecule has 0 heterocycles. The molecule has 0 aliphatic carbocycles. The molecule has 0 spiro atoms. The summed E-state index contributed by atoms with van der Waals surface area (Å²) in [5.41, 5.74) is 1.33. The van der Waals surface area contributed by atoms with Crippen molar-refractivity contribution in [3.05, 3.63) is 35.4 Å². The average molecular weight is 208 g/mol. The van der Waals surface area contributed by atoms with Crippen LogP contribution in [0.15, 0.2) is 24.3 Å². The van der Waals surface area contributed by atoms with E-state index in [9.17, 15) is 14.7 Å². The Labute approximate surface area is 87.2 Å². The zero-order valence-electron chi connectivity index (χ0n) is 8.30. The Hall–Kier alpha value is -1.68. The number of carboxylic acids is 1. The second kappa shape index (κ2) is 4.70. The third-order valence-electron chi connectivity index (χ3n) is 2.01. The van der Waals surface area contributed by atoms with Gasteiger partial charge in [0.2, 0.25) is 0 Å². The predicted molar refractivity (Wildman–Crippen MR) is 53.8 cm³/mol. The van der Waals surface area contributed by atoms with Crippen LogP contribution in [-0.4, -0.2) is 28.1 Å². The lowest BCUT2D eigenvalue weighted by atomic mass is 10.0. The fourth-order valence-corrected chi connectivity index (χ4v) is 1.17. The lowest BCUT2D eigenvalue weighted by molar-refractivity contribution is -0.138. The number of carbonyl (C=O) groups is 2. The fraction of sp³-hybridized carbons (Fsp3) is 0.273. The number of ketones is 1. The molecule has 0 radical (unpaired) electrons. The first-order valence-electron chi connectivity index (χ1n) is 4.51. The molecule has 0 bridgehead atoms. The van der Waals surface area contributed by atoms with Gasteiger partial charge in [0, 0.05) is 5.56 Å². The van der Waals surface area contributed by atoms with E-state index in [2.05, 4.69) is 0 Å². The van der Waals surface area contributed by atoms with E-state index < -0.39 is 24.3 Å². The third kappa shape index (κ3) is 3.18. The molecule has 0 amide bonds. The summed E-state index contributed by atoms with van der Waals surface area (Å²) in [7, 11) is 0. The number of Topliss-reactive ketones (excluding diaryl/α,β-unsaturated/α-hetero) is 1. The Morgan fingerprint density at radius 1 is 1.27 bits per heavy atom. The SMILES string of the molecule is Cc1ccc(C(=O)C(O)CC(=O)O)cc1. The summed E-state index contributed by atoms with van der Waals surface area (Å²) >= 11 is 0.